The molecule has 3 rings (SSSR count). The van der Waals surface area contributed by atoms with E-state index in [1.165, 1.54) is 0 Å². The maximum atomic E-state index is 5.77. The quantitative estimate of drug-likeness (QED) is 0.863. The van der Waals surface area contributed by atoms with E-state index in [0.717, 1.165) is 22.6 Å². The van der Waals surface area contributed by atoms with Gasteiger partial charge in [-0.1, -0.05) is 12.1 Å². The van der Waals surface area contributed by atoms with Crippen LogP contribution in [-0.2, 0) is 0 Å². The summed E-state index contributed by atoms with van der Waals surface area (Å²) in [5.41, 5.74) is 7.87. The second kappa shape index (κ2) is 5.07. The smallest absolute Gasteiger partial charge is 0.187 e. The highest BCUT2D eigenvalue weighted by Gasteiger charge is 2.30. The summed E-state index contributed by atoms with van der Waals surface area (Å²) in [5, 5.41) is 8.60. The number of nitrogens with two attached hydrogens (primary N) is 1. The Kier molecular flexibility index (Phi) is 3.27. The van der Waals surface area contributed by atoms with Crippen LogP contribution in [0, 0.1) is 0 Å². The molecule has 0 saturated heterocycles. The molecule has 0 aromatic carbocycles. The molecule has 4 nitrogen and oxygen atoms in total. The molecule has 0 saturated carbocycles. The van der Waals surface area contributed by atoms with Crippen molar-refractivity contribution in [1.29, 1.82) is 0 Å². The zero-order valence-electron chi connectivity index (χ0n) is 10.1. The number of pyridine rings is 1. The van der Waals surface area contributed by atoms with Crippen molar-refractivity contribution < 1.29 is 0 Å². The first-order valence-corrected chi connectivity index (χ1v) is 7.14. The molecule has 0 amide bonds. The third-order valence-electron chi connectivity index (χ3n) is 3.01. The molecular weight excluding hydrogens is 276 g/mol. The number of rotatable bonds is 2. The van der Waals surface area contributed by atoms with Crippen LogP contribution in [0.2, 0.25) is 0 Å². The van der Waals surface area contributed by atoms with Gasteiger partial charge in [-0.3, -0.25) is 4.98 Å². The third kappa shape index (κ3) is 2.36. The van der Waals surface area contributed by atoms with Crippen molar-refractivity contribution >= 4 is 34.4 Å². The van der Waals surface area contributed by atoms with Crippen LogP contribution in [0.4, 0.5) is 0 Å². The number of hydrogen-bond donors (Lipinski definition) is 1. The largest absolute Gasteiger partial charge is 0.375 e. The van der Waals surface area contributed by atoms with Gasteiger partial charge in [-0.25, -0.2) is 5.01 Å². The average molecular weight is 288 g/mol. The summed E-state index contributed by atoms with van der Waals surface area (Å²) in [7, 11) is 0. The van der Waals surface area contributed by atoms with Gasteiger partial charge in [0.25, 0.3) is 0 Å². The van der Waals surface area contributed by atoms with Crippen molar-refractivity contribution in [3.8, 4) is 0 Å². The van der Waals surface area contributed by atoms with E-state index in [4.69, 9.17) is 18.0 Å². The molecule has 2 aromatic heterocycles. The van der Waals surface area contributed by atoms with Gasteiger partial charge in [-0.15, -0.1) is 11.3 Å². The Morgan fingerprint density at radius 3 is 2.95 bits per heavy atom. The summed E-state index contributed by atoms with van der Waals surface area (Å²) < 4.78 is 0. The van der Waals surface area contributed by atoms with Crippen LogP contribution in [0.5, 0.6) is 0 Å². The monoisotopic (exact) mass is 288 g/mol. The van der Waals surface area contributed by atoms with Crippen LogP contribution >= 0.6 is 23.6 Å². The minimum absolute atomic E-state index is 0.0447. The zero-order chi connectivity index (χ0) is 13.2. The number of nitrogens with zero attached hydrogens (tertiary/aromatic N) is 3. The lowest BCUT2D eigenvalue weighted by Gasteiger charge is -2.21. The second-order valence-electron chi connectivity index (χ2n) is 4.21. The van der Waals surface area contributed by atoms with Gasteiger partial charge >= 0.3 is 0 Å². The van der Waals surface area contributed by atoms with Crippen LogP contribution in [0.15, 0.2) is 47.1 Å². The first-order valence-electron chi connectivity index (χ1n) is 5.85. The molecule has 1 unspecified atom stereocenters. The first kappa shape index (κ1) is 12.3. The van der Waals surface area contributed by atoms with Crippen molar-refractivity contribution in [2.45, 2.75) is 12.5 Å². The van der Waals surface area contributed by atoms with Crippen molar-refractivity contribution in [3.05, 3.63) is 52.5 Å². The summed E-state index contributed by atoms with van der Waals surface area (Å²) in [4.78, 5) is 5.31. The Labute approximate surface area is 120 Å². The maximum absolute atomic E-state index is 5.77. The highest BCUT2D eigenvalue weighted by atomic mass is 32.1. The second-order valence-corrected chi connectivity index (χ2v) is 5.58. The van der Waals surface area contributed by atoms with Crippen LogP contribution in [0.1, 0.15) is 22.9 Å². The first-order chi connectivity index (χ1) is 9.25. The van der Waals surface area contributed by atoms with Gasteiger partial charge in [0.05, 0.1) is 16.6 Å². The summed E-state index contributed by atoms with van der Waals surface area (Å²) in [6, 6.07) is 8.06. The van der Waals surface area contributed by atoms with E-state index in [9.17, 15) is 0 Å². The Hall–Kier alpha value is -1.79. The lowest BCUT2D eigenvalue weighted by molar-refractivity contribution is 0.372. The fraction of sp³-hybridized carbons (Fsp3) is 0.154. The Morgan fingerprint density at radius 2 is 2.32 bits per heavy atom. The molecule has 0 bridgehead atoms. The molecule has 1 aliphatic heterocycles. The van der Waals surface area contributed by atoms with Crippen molar-refractivity contribution in [1.82, 2.24) is 9.99 Å². The average Bonchev–Trinajstić information content (AvgIpc) is 3.08. The number of hydrogen-bond acceptors (Lipinski definition) is 4. The Balaban J connectivity index is 1.94. The van der Waals surface area contributed by atoms with Crippen LogP contribution in [0.3, 0.4) is 0 Å². The number of aromatic nitrogens is 1. The summed E-state index contributed by atoms with van der Waals surface area (Å²) in [5.74, 6) is 0. The molecule has 1 atom stereocenters. The Bertz CT molecular complexity index is 607. The summed E-state index contributed by atoms with van der Waals surface area (Å²) >= 11 is 6.77. The SMILES string of the molecule is NC(=S)N1N=C(c2cccs2)CC1c1cccnc1. The molecule has 2 N–H and O–H groups in total. The molecule has 0 radical (unpaired) electrons. The van der Waals surface area contributed by atoms with E-state index in [2.05, 4.69) is 16.2 Å². The predicted molar refractivity (Wildman–Crippen MR) is 81.1 cm³/mol. The molecule has 96 valence electrons. The number of thiophene rings is 1. The molecule has 6 heteroatoms. The fourth-order valence-corrected chi connectivity index (χ4v) is 3.03. The lowest BCUT2D eigenvalue weighted by atomic mass is 10.0. The molecule has 2 aromatic rings. The van der Waals surface area contributed by atoms with Crippen LogP contribution < -0.4 is 5.73 Å². The normalized spacial score (nSPS) is 18.4. The van der Waals surface area contributed by atoms with Gasteiger partial charge in [0.15, 0.2) is 5.11 Å². The molecule has 0 spiro atoms. The fourth-order valence-electron chi connectivity index (χ4n) is 2.14. The van der Waals surface area contributed by atoms with E-state index in [1.807, 2.05) is 29.8 Å². The van der Waals surface area contributed by atoms with E-state index in [0.29, 0.717) is 5.11 Å². The van der Waals surface area contributed by atoms with Gasteiger partial charge in [-0.2, -0.15) is 5.10 Å². The summed E-state index contributed by atoms with van der Waals surface area (Å²) in [6.45, 7) is 0. The lowest BCUT2D eigenvalue weighted by Crippen LogP contribution is -2.31. The zero-order valence-corrected chi connectivity index (χ0v) is 11.7. The van der Waals surface area contributed by atoms with Crippen LogP contribution in [0.25, 0.3) is 0 Å². The minimum Gasteiger partial charge on any atom is -0.375 e. The maximum Gasteiger partial charge on any atom is 0.187 e. The van der Waals surface area contributed by atoms with E-state index >= 15 is 0 Å². The van der Waals surface area contributed by atoms with Gasteiger partial charge in [-0.05, 0) is 35.3 Å². The van der Waals surface area contributed by atoms with Gasteiger partial charge < -0.3 is 5.73 Å². The minimum atomic E-state index is 0.0447. The number of hydrazone groups is 1. The topological polar surface area (TPSA) is 54.5 Å². The Morgan fingerprint density at radius 1 is 1.42 bits per heavy atom. The molecule has 0 aliphatic carbocycles. The molecule has 19 heavy (non-hydrogen) atoms. The standard InChI is InChI=1S/C13H12N4S2/c14-13(18)17-11(9-3-1-5-15-8-9)7-10(16-17)12-4-2-6-19-12/h1-6,8,11H,7H2,(H2,14,18). The van der Waals surface area contributed by atoms with Gasteiger partial charge in [0.2, 0.25) is 0 Å². The van der Waals surface area contributed by atoms with Gasteiger partial charge in [0.1, 0.15) is 0 Å². The van der Waals surface area contributed by atoms with Crippen molar-refractivity contribution in [2.75, 3.05) is 0 Å². The van der Waals surface area contributed by atoms with E-state index in [-0.39, 0.29) is 6.04 Å². The predicted octanol–water partition coefficient (Wildman–Crippen LogP) is 2.54. The third-order valence-corrected chi connectivity index (χ3v) is 4.12. The highest BCUT2D eigenvalue weighted by molar-refractivity contribution is 7.80. The highest BCUT2D eigenvalue weighted by Crippen LogP contribution is 2.32. The van der Waals surface area contributed by atoms with Crippen molar-refractivity contribution in [2.24, 2.45) is 10.8 Å². The van der Waals surface area contributed by atoms with Crippen LogP contribution in [-0.4, -0.2) is 20.8 Å². The molecular formula is C13H12N4S2. The van der Waals surface area contributed by atoms with E-state index in [1.54, 1.807) is 22.5 Å². The molecule has 3 heterocycles. The van der Waals surface area contributed by atoms with E-state index < -0.39 is 0 Å². The number of thiocarbonyl (C=S) groups is 1. The molecule has 0 fully saturated rings. The van der Waals surface area contributed by atoms with Gasteiger partial charge in [0, 0.05) is 18.8 Å². The molecule has 1 aliphatic rings. The summed E-state index contributed by atoms with van der Waals surface area (Å²) in [6.07, 6.45) is 4.39. The van der Waals surface area contributed by atoms with Crippen molar-refractivity contribution in [3.63, 3.8) is 0 Å².